The smallest absolute Gasteiger partial charge is 0.0402 e. The van der Waals surface area contributed by atoms with Crippen molar-refractivity contribution in [3.05, 3.63) is 124 Å². The molecule has 6 rings (SSSR count). The van der Waals surface area contributed by atoms with Gasteiger partial charge in [-0.05, 0) is 125 Å². The van der Waals surface area contributed by atoms with Crippen LogP contribution >= 0.6 is 15.8 Å². The molecule has 2 aromatic rings. The molecule has 0 saturated heterocycles. The summed E-state index contributed by atoms with van der Waals surface area (Å²) < 4.78 is 0. The zero-order valence-corrected chi connectivity index (χ0v) is 28.5. The van der Waals surface area contributed by atoms with Crippen molar-refractivity contribution < 1.29 is 22.2 Å². The summed E-state index contributed by atoms with van der Waals surface area (Å²) in [4.78, 5) is 0. The summed E-state index contributed by atoms with van der Waals surface area (Å²) >= 11 is 0. The molecule has 0 amide bonds. The summed E-state index contributed by atoms with van der Waals surface area (Å²) in [6.45, 7) is 4.55. The Morgan fingerprint density at radius 3 is 1.45 bits per heavy atom. The molecule has 0 bridgehead atoms. The molecule has 4 aliphatic carbocycles. The molecule has 4 heteroatoms. The first kappa shape index (κ1) is 36.2. The minimum atomic E-state index is -0.511. The van der Waals surface area contributed by atoms with Gasteiger partial charge in [-0.1, -0.05) is 114 Å². The molecule has 4 saturated carbocycles. The van der Waals surface area contributed by atoms with E-state index in [4.69, 9.17) is 5.11 Å². The van der Waals surface area contributed by atoms with Crippen LogP contribution < -0.4 is 10.6 Å². The fraction of sp³-hybridized carbons (Fsp3) is 0.421. The van der Waals surface area contributed by atoms with Crippen LogP contribution in [0.5, 0.6) is 0 Å². The number of rotatable bonds is 7. The van der Waals surface area contributed by atoms with Crippen molar-refractivity contribution in [2.45, 2.75) is 95.0 Å². The van der Waals surface area contributed by atoms with Gasteiger partial charge in [-0.25, -0.2) is 0 Å². The molecule has 0 spiro atoms. The van der Waals surface area contributed by atoms with Crippen LogP contribution in [0.3, 0.4) is 0 Å². The van der Waals surface area contributed by atoms with Gasteiger partial charge in [0.1, 0.15) is 0 Å². The molecule has 1 nitrogen and oxygen atoms in total. The van der Waals surface area contributed by atoms with E-state index >= 15 is 0 Å². The Balaban J connectivity index is 0.000000473. The van der Waals surface area contributed by atoms with Gasteiger partial charge in [-0.15, -0.1) is 0 Å². The van der Waals surface area contributed by atoms with Gasteiger partial charge in [0.05, 0.1) is 0 Å². The van der Waals surface area contributed by atoms with Crippen LogP contribution in [0, 0.1) is 62.9 Å². The van der Waals surface area contributed by atoms with Crippen molar-refractivity contribution in [3.63, 3.8) is 0 Å². The molecule has 0 unspecified atom stereocenters. The summed E-state index contributed by atoms with van der Waals surface area (Å²) in [5, 5.41) is 10.5. The van der Waals surface area contributed by atoms with E-state index in [1.807, 2.05) is 32.1 Å². The van der Waals surface area contributed by atoms with Gasteiger partial charge in [-0.2, -0.15) is 0 Å². The van der Waals surface area contributed by atoms with Gasteiger partial charge in [0.15, 0.2) is 0 Å². The van der Waals surface area contributed by atoms with E-state index in [1.54, 1.807) is 18.5 Å². The molecule has 0 aromatic heterocycles. The van der Waals surface area contributed by atoms with Crippen molar-refractivity contribution >= 4 is 26.5 Å². The van der Waals surface area contributed by atoms with Gasteiger partial charge < -0.3 is 5.11 Å². The van der Waals surface area contributed by atoms with Gasteiger partial charge in [0.25, 0.3) is 0 Å². The van der Waals surface area contributed by atoms with Gasteiger partial charge in [-0.3, -0.25) is 0 Å². The summed E-state index contributed by atoms with van der Waals surface area (Å²) in [6, 6.07) is 22.6. The molecule has 10 radical (unpaired) electrons. The van der Waals surface area contributed by atoms with Gasteiger partial charge in [0, 0.05) is 29.3 Å². The minimum absolute atomic E-state index is 0. The van der Waals surface area contributed by atoms with E-state index in [0.29, 0.717) is 5.66 Å². The van der Waals surface area contributed by atoms with Crippen LogP contribution in [0.25, 0.3) is 0 Å². The quantitative estimate of drug-likeness (QED) is 0.236. The topological polar surface area (TPSA) is 20.2 Å². The van der Waals surface area contributed by atoms with Crippen molar-refractivity contribution in [1.29, 1.82) is 0 Å². The van der Waals surface area contributed by atoms with Crippen molar-refractivity contribution in [2.24, 2.45) is 0 Å². The van der Waals surface area contributed by atoms with E-state index in [2.05, 4.69) is 86.8 Å². The Morgan fingerprint density at radius 2 is 1.05 bits per heavy atom. The van der Waals surface area contributed by atoms with Crippen LogP contribution in [0.1, 0.15) is 78.1 Å². The van der Waals surface area contributed by atoms with Crippen molar-refractivity contribution in [3.8, 4) is 0 Å². The first-order valence-electron chi connectivity index (χ1n) is 15.9. The third-order valence-electron chi connectivity index (χ3n) is 8.54. The Morgan fingerprint density at radius 1 is 0.643 bits per heavy atom. The third-order valence-corrected chi connectivity index (χ3v) is 15.0. The molecule has 0 heterocycles. The third kappa shape index (κ3) is 10.7. The van der Waals surface area contributed by atoms with E-state index in [0.717, 1.165) is 11.3 Å². The molecule has 0 aliphatic heterocycles. The van der Waals surface area contributed by atoms with Crippen molar-refractivity contribution in [2.75, 3.05) is 6.61 Å². The number of aliphatic hydroxyl groups is 1. The Hall–Kier alpha value is -0.221. The van der Waals surface area contributed by atoms with Crippen LogP contribution in [0.2, 0.25) is 0 Å². The predicted octanol–water partition coefficient (Wildman–Crippen LogP) is 9.41. The van der Waals surface area contributed by atoms with Crippen LogP contribution in [-0.4, -0.2) is 28.7 Å². The number of aliphatic hydroxyl groups excluding tert-OH is 1. The van der Waals surface area contributed by atoms with Crippen LogP contribution in [0.4, 0.5) is 0 Å². The van der Waals surface area contributed by atoms with Gasteiger partial charge >= 0.3 is 0 Å². The fourth-order valence-corrected chi connectivity index (χ4v) is 13.7. The van der Waals surface area contributed by atoms with Gasteiger partial charge in [0.2, 0.25) is 0 Å². The SMILES string of the molecule is CCO.C[C@@H]([C]1[CH][CH][CH][C]1P(c1ccccc1)c1ccccc1)P(C1CCCCC1)C1CCCCC1.[CH]1[CH][CH][CH][CH]1.[Fe]. The molecule has 2 aromatic carbocycles. The number of hydrogen-bond donors (Lipinski definition) is 1. The molecule has 4 aliphatic rings. The largest absolute Gasteiger partial charge is 0.397 e. The zero-order chi connectivity index (χ0) is 28.7. The summed E-state index contributed by atoms with van der Waals surface area (Å²) in [5.41, 5.74) is 4.33. The Labute approximate surface area is 272 Å². The molecule has 226 valence electrons. The number of hydrogen-bond acceptors (Lipinski definition) is 1. The van der Waals surface area contributed by atoms with E-state index in [-0.39, 0.29) is 31.6 Å². The second-order valence-corrected chi connectivity index (χ2v) is 16.7. The standard InChI is InChI=1S/C31H39P2.C5H5.C2H6O.Fe/c1-25(32(26-15-6-2-7-16-26)27-17-8-3-9-18-27)30-23-14-24-31(30)33(28-19-10-4-11-20-28)29-21-12-5-13-22-29;1-2-4-5-3-1;1-2-3;/h4-5,10-14,19-27H,2-3,6-9,15-18H2,1H3;1-5H;3H,2H2,1H3;/t25-;;;/m0.../s1. The van der Waals surface area contributed by atoms with Crippen LogP contribution in [-0.2, 0) is 17.1 Å². The predicted molar refractivity (Wildman–Crippen MR) is 183 cm³/mol. The molecule has 1 atom stereocenters. The minimum Gasteiger partial charge on any atom is -0.397 e. The van der Waals surface area contributed by atoms with E-state index in [1.165, 1.54) is 74.8 Å². The monoisotopic (exact) mass is 640 g/mol. The Kier molecular flexibility index (Phi) is 17.9. The Bertz CT molecular complexity index is 860. The molecule has 4 fully saturated rings. The van der Waals surface area contributed by atoms with E-state index in [9.17, 15) is 0 Å². The molecular formula is C38H50FeOP2. The molecule has 1 N–H and O–H groups in total. The van der Waals surface area contributed by atoms with E-state index < -0.39 is 7.92 Å². The maximum atomic E-state index is 7.57. The average Bonchev–Trinajstić information content (AvgIpc) is 3.77. The summed E-state index contributed by atoms with van der Waals surface area (Å²) in [6.07, 6.45) is 32.1. The first-order valence-corrected chi connectivity index (χ1v) is 18.8. The summed E-state index contributed by atoms with van der Waals surface area (Å²) in [7, 11) is -0.489. The fourth-order valence-electron chi connectivity index (χ4n) is 6.73. The normalized spacial score (nSPS) is 21.3. The summed E-state index contributed by atoms with van der Waals surface area (Å²) in [5.74, 6) is 1.68. The van der Waals surface area contributed by atoms with Crippen LogP contribution in [0.15, 0.2) is 60.7 Å². The zero-order valence-electron chi connectivity index (χ0n) is 25.6. The maximum absolute atomic E-state index is 7.57. The van der Waals surface area contributed by atoms with Crippen molar-refractivity contribution in [1.82, 2.24) is 0 Å². The second-order valence-electron chi connectivity index (χ2n) is 11.4. The number of benzene rings is 2. The molecule has 42 heavy (non-hydrogen) atoms. The average molecular weight is 641 g/mol. The molecular weight excluding hydrogens is 590 g/mol. The maximum Gasteiger partial charge on any atom is 0.0402 e. The second kappa shape index (κ2) is 20.7. The first-order chi connectivity index (χ1) is 20.2.